The van der Waals surface area contributed by atoms with Crippen molar-refractivity contribution >= 4 is 34.1 Å². The second-order valence-electron chi connectivity index (χ2n) is 6.48. The van der Waals surface area contributed by atoms with E-state index < -0.39 is 0 Å². The molecule has 0 unspecified atom stereocenters. The number of hydrogen-bond donors (Lipinski definition) is 0. The van der Waals surface area contributed by atoms with E-state index in [1.54, 1.807) is 19.2 Å². The Morgan fingerprint density at radius 2 is 1.96 bits per heavy atom. The fraction of sp³-hybridized carbons (Fsp3) is 0.190. The molecule has 2 heterocycles. The fourth-order valence-corrected chi connectivity index (χ4v) is 3.95. The maximum atomic E-state index is 12.6. The first-order valence-corrected chi connectivity index (χ1v) is 9.60. The van der Waals surface area contributed by atoms with Crippen LogP contribution in [0.3, 0.4) is 0 Å². The molecule has 0 saturated heterocycles. The van der Waals surface area contributed by atoms with E-state index in [-0.39, 0.29) is 11.5 Å². The minimum Gasteiger partial charge on any atom is -0.497 e. The Labute approximate surface area is 161 Å². The lowest BCUT2D eigenvalue weighted by Crippen LogP contribution is -2.03. The van der Waals surface area contributed by atoms with Crippen molar-refractivity contribution in [1.29, 1.82) is 0 Å². The van der Waals surface area contributed by atoms with E-state index in [2.05, 4.69) is 41.4 Å². The van der Waals surface area contributed by atoms with Crippen LogP contribution in [-0.4, -0.2) is 33.2 Å². The Hall–Kier alpha value is -2.86. The van der Waals surface area contributed by atoms with Gasteiger partial charge in [0.1, 0.15) is 5.75 Å². The van der Waals surface area contributed by atoms with Crippen LogP contribution in [0.5, 0.6) is 5.75 Å². The molecular formula is C21H19N3O2S. The highest BCUT2D eigenvalue weighted by atomic mass is 32.2. The molecule has 4 aromatic rings. The summed E-state index contributed by atoms with van der Waals surface area (Å²) in [4.78, 5) is 12.6. The van der Waals surface area contributed by atoms with E-state index in [0.717, 1.165) is 27.3 Å². The summed E-state index contributed by atoms with van der Waals surface area (Å²) in [5, 5.41) is 10.5. The average molecular weight is 377 g/mol. The quantitative estimate of drug-likeness (QED) is 0.379. The zero-order valence-electron chi connectivity index (χ0n) is 15.4. The number of pyridine rings is 1. The van der Waals surface area contributed by atoms with Crippen molar-refractivity contribution in [2.75, 3.05) is 12.9 Å². The molecule has 0 amide bonds. The Kier molecular flexibility index (Phi) is 4.58. The van der Waals surface area contributed by atoms with Crippen LogP contribution in [0.4, 0.5) is 0 Å². The number of rotatable bonds is 5. The number of ketones is 1. The van der Waals surface area contributed by atoms with Crippen molar-refractivity contribution in [1.82, 2.24) is 14.6 Å². The molecule has 2 aromatic heterocycles. The number of ether oxygens (including phenoxy) is 1. The van der Waals surface area contributed by atoms with E-state index in [4.69, 9.17) is 4.74 Å². The van der Waals surface area contributed by atoms with E-state index in [9.17, 15) is 4.79 Å². The van der Waals surface area contributed by atoms with Crippen LogP contribution in [0, 0.1) is 13.8 Å². The van der Waals surface area contributed by atoms with Crippen LogP contribution in [0.2, 0.25) is 0 Å². The Morgan fingerprint density at radius 3 is 2.78 bits per heavy atom. The van der Waals surface area contributed by atoms with Crippen LogP contribution in [0.1, 0.15) is 21.5 Å². The number of nitrogens with zero attached hydrogens (tertiary/aromatic N) is 3. The molecule has 0 saturated carbocycles. The van der Waals surface area contributed by atoms with Gasteiger partial charge in [0, 0.05) is 5.56 Å². The Balaban J connectivity index is 1.69. The summed E-state index contributed by atoms with van der Waals surface area (Å²) in [5.74, 6) is 0.995. The highest BCUT2D eigenvalue weighted by molar-refractivity contribution is 7.99. The minimum atomic E-state index is 0.0313. The maximum Gasteiger partial charge on any atom is 0.196 e. The number of aryl methyl sites for hydroxylation is 2. The van der Waals surface area contributed by atoms with Gasteiger partial charge in [-0.05, 0) is 54.6 Å². The number of Topliss-reactive ketones (excluding diaryl/α,β-unsaturated/α-hetero) is 1. The summed E-state index contributed by atoms with van der Waals surface area (Å²) < 4.78 is 7.24. The number of methoxy groups -OCH3 is 1. The van der Waals surface area contributed by atoms with Crippen molar-refractivity contribution in [2.45, 2.75) is 19.0 Å². The third-order valence-corrected chi connectivity index (χ3v) is 5.44. The molecule has 6 heteroatoms. The summed E-state index contributed by atoms with van der Waals surface area (Å²) in [6.45, 7) is 4.09. The molecule has 0 aliphatic rings. The minimum absolute atomic E-state index is 0.0313. The lowest BCUT2D eigenvalue weighted by molar-refractivity contribution is 0.102. The number of carbonyl (C=O) groups excluding carboxylic acids is 1. The fourth-order valence-electron chi connectivity index (χ4n) is 3.11. The molecule has 5 nitrogen and oxygen atoms in total. The summed E-state index contributed by atoms with van der Waals surface area (Å²) in [7, 11) is 1.59. The molecule has 0 bridgehead atoms. The smallest absolute Gasteiger partial charge is 0.196 e. The van der Waals surface area contributed by atoms with Gasteiger partial charge in [0.15, 0.2) is 16.6 Å². The van der Waals surface area contributed by atoms with Gasteiger partial charge in [-0.2, -0.15) is 0 Å². The number of carbonyl (C=O) groups is 1. The van der Waals surface area contributed by atoms with Gasteiger partial charge in [-0.25, -0.2) is 0 Å². The molecule has 2 aromatic carbocycles. The molecule has 0 aliphatic heterocycles. The van der Waals surface area contributed by atoms with Crippen molar-refractivity contribution in [2.24, 2.45) is 0 Å². The van der Waals surface area contributed by atoms with Gasteiger partial charge in [0.25, 0.3) is 0 Å². The average Bonchev–Trinajstić information content (AvgIpc) is 3.12. The van der Waals surface area contributed by atoms with Crippen LogP contribution < -0.4 is 4.74 Å². The molecular weight excluding hydrogens is 358 g/mol. The molecule has 27 heavy (non-hydrogen) atoms. The van der Waals surface area contributed by atoms with Crippen molar-refractivity contribution in [3.8, 4) is 5.75 Å². The van der Waals surface area contributed by atoms with Crippen LogP contribution in [0.25, 0.3) is 16.6 Å². The molecule has 0 radical (unpaired) electrons. The predicted molar refractivity (Wildman–Crippen MR) is 108 cm³/mol. The first kappa shape index (κ1) is 17.5. The largest absolute Gasteiger partial charge is 0.497 e. The number of aromatic nitrogens is 3. The van der Waals surface area contributed by atoms with E-state index in [1.807, 2.05) is 23.5 Å². The van der Waals surface area contributed by atoms with Gasteiger partial charge in [0.2, 0.25) is 0 Å². The van der Waals surface area contributed by atoms with E-state index in [0.29, 0.717) is 11.3 Å². The summed E-state index contributed by atoms with van der Waals surface area (Å²) in [6, 6.07) is 15.7. The molecule has 0 fully saturated rings. The van der Waals surface area contributed by atoms with Gasteiger partial charge < -0.3 is 4.74 Å². The van der Waals surface area contributed by atoms with Gasteiger partial charge in [0.05, 0.1) is 18.4 Å². The summed E-state index contributed by atoms with van der Waals surface area (Å²) in [6.07, 6.45) is 0. The zero-order valence-corrected chi connectivity index (χ0v) is 16.2. The molecule has 0 aliphatic carbocycles. The third kappa shape index (κ3) is 3.28. The topological polar surface area (TPSA) is 56.5 Å². The molecule has 0 spiro atoms. The highest BCUT2D eigenvalue weighted by Crippen LogP contribution is 2.27. The predicted octanol–water partition coefficient (Wildman–Crippen LogP) is 4.48. The Morgan fingerprint density at radius 1 is 1.11 bits per heavy atom. The number of thioether (sulfide) groups is 1. The first-order chi connectivity index (χ1) is 13.1. The number of fused-ring (bicyclic) bond motifs is 3. The first-order valence-electron chi connectivity index (χ1n) is 8.62. The van der Waals surface area contributed by atoms with Crippen molar-refractivity contribution in [3.05, 3.63) is 65.2 Å². The number of hydrogen-bond acceptors (Lipinski definition) is 5. The second-order valence-corrected chi connectivity index (χ2v) is 7.42. The lowest BCUT2D eigenvalue weighted by atomic mass is 10.1. The molecule has 136 valence electrons. The second kappa shape index (κ2) is 7.04. The lowest BCUT2D eigenvalue weighted by Gasteiger charge is -2.08. The van der Waals surface area contributed by atoms with E-state index >= 15 is 0 Å². The Bertz CT molecular complexity index is 1170. The van der Waals surface area contributed by atoms with Crippen molar-refractivity contribution in [3.63, 3.8) is 0 Å². The van der Waals surface area contributed by atoms with Crippen LogP contribution in [-0.2, 0) is 0 Å². The van der Waals surface area contributed by atoms with Gasteiger partial charge >= 0.3 is 0 Å². The van der Waals surface area contributed by atoms with Crippen molar-refractivity contribution < 1.29 is 9.53 Å². The number of benzene rings is 2. The van der Waals surface area contributed by atoms with Crippen LogP contribution >= 0.6 is 11.8 Å². The third-order valence-electron chi connectivity index (χ3n) is 4.51. The summed E-state index contributed by atoms with van der Waals surface area (Å²) in [5.41, 5.74) is 4.74. The zero-order chi connectivity index (χ0) is 19.0. The normalized spacial score (nSPS) is 11.2. The van der Waals surface area contributed by atoms with E-state index in [1.165, 1.54) is 17.3 Å². The highest BCUT2D eigenvalue weighted by Gasteiger charge is 2.15. The monoisotopic (exact) mass is 377 g/mol. The standard InChI is InChI=1S/C21H19N3O2S/c1-13-7-8-15-10-14(2)20-22-23-21(24(20)18(15)9-13)27-12-19(25)16-5-4-6-17(11-16)26-3/h4-11H,12H2,1-3H3. The maximum absolute atomic E-state index is 12.6. The summed E-state index contributed by atoms with van der Waals surface area (Å²) >= 11 is 1.40. The van der Waals surface area contributed by atoms with Gasteiger partial charge in [-0.1, -0.05) is 36.0 Å². The SMILES string of the molecule is COc1cccc(C(=O)CSc2nnc3c(C)cc4ccc(C)cc4n23)c1. The van der Waals surface area contributed by atoms with Gasteiger partial charge in [-0.15, -0.1) is 10.2 Å². The van der Waals surface area contributed by atoms with Gasteiger partial charge in [-0.3, -0.25) is 9.20 Å². The molecule has 0 N–H and O–H groups in total. The molecule has 0 atom stereocenters. The van der Waals surface area contributed by atoms with Crippen LogP contribution in [0.15, 0.2) is 53.7 Å². The molecule has 4 rings (SSSR count).